The average Bonchev–Trinajstić information content (AvgIpc) is 2.40. The summed E-state index contributed by atoms with van der Waals surface area (Å²) < 4.78 is 0. The van der Waals surface area contributed by atoms with Crippen LogP contribution in [0.3, 0.4) is 0 Å². The van der Waals surface area contributed by atoms with Crippen molar-refractivity contribution in [1.82, 2.24) is 5.32 Å². The Morgan fingerprint density at radius 3 is 2.55 bits per heavy atom. The highest BCUT2D eigenvalue weighted by atomic mass is 35.5. The molecule has 0 unspecified atom stereocenters. The molecule has 0 saturated carbocycles. The van der Waals surface area contributed by atoms with Crippen LogP contribution >= 0.6 is 11.6 Å². The molecule has 0 spiro atoms. The number of hydrogen-bond donors (Lipinski definition) is 2. The maximum atomic E-state index is 12.0. The van der Waals surface area contributed by atoms with Crippen LogP contribution in [0.2, 0.25) is 5.02 Å². The zero-order chi connectivity index (χ0) is 14.5. The molecule has 20 heavy (non-hydrogen) atoms. The minimum Gasteiger partial charge on any atom is -0.399 e. The molecule has 1 amide bonds. The number of nitrogens with one attached hydrogen (secondary N) is 1. The lowest BCUT2D eigenvalue weighted by Gasteiger charge is -2.07. The monoisotopic (exact) mass is 288 g/mol. The van der Waals surface area contributed by atoms with Gasteiger partial charge in [-0.3, -0.25) is 4.79 Å². The number of carbonyl (C=O) groups is 1. The van der Waals surface area contributed by atoms with Crippen LogP contribution in [-0.2, 0) is 6.42 Å². The van der Waals surface area contributed by atoms with E-state index in [1.54, 1.807) is 6.07 Å². The second-order valence-electron chi connectivity index (χ2n) is 4.76. The number of anilines is 1. The Bertz CT molecular complexity index is 588. The third kappa shape index (κ3) is 4.00. The summed E-state index contributed by atoms with van der Waals surface area (Å²) in [5, 5.41) is 3.47. The summed E-state index contributed by atoms with van der Waals surface area (Å²) >= 11 is 5.95. The van der Waals surface area contributed by atoms with Crippen molar-refractivity contribution in [3.8, 4) is 0 Å². The largest absolute Gasteiger partial charge is 0.399 e. The van der Waals surface area contributed by atoms with Crippen molar-refractivity contribution in [2.45, 2.75) is 13.3 Å². The van der Waals surface area contributed by atoms with Gasteiger partial charge in [0.1, 0.15) is 0 Å². The van der Waals surface area contributed by atoms with Gasteiger partial charge in [-0.05, 0) is 54.8 Å². The molecular weight excluding hydrogens is 272 g/mol. The Balaban J connectivity index is 1.90. The normalized spacial score (nSPS) is 10.3. The third-order valence-corrected chi connectivity index (χ3v) is 3.20. The Labute approximate surface area is 123 Å². The number of rotatable bonds is 4. The Hall–Kier alpha value is -2.00. The molecule has 104 valence electrons. The fourth-order valence-corrected chi connectivity index (χ4v) is 2.26. The van der Waals surface area contributed by atoms with Gasteiger partial charge in [0.2, 0.25) is 0 Å². The summed E-state index contributed by atoms with van der Waals surface area (Å²) in [5.74, 6) is -0.106. The zero-order valence-electron chi connectivity index (χ0n) is 11.3. The molecule has 2 aromatic rings. The molecule has 0 heterocycles. The fourth-order valence-electron chi connectivity index (χ4n) is 1.97. The fraction of sp³-hybridized carbons (Fsp3) is 0.188. The quantitative estimate of drug-likeness (QED) is 0.849. The molecule has 2 rings (SSSR count). The van der Waals surface area contributed by atoms with Crippen molar-refractivity contribution in [1.29, 1.82) is 0 Å². The highest BCUT2D eigenvalue weighted by Gasteiger charge is 2.06. The molecule has 0 bridgehead atoms. The van der Waals surface area contributed by atoms with Crippen LogP contribution in [-0.4, -0.2) is 12.5 Å². The van der Waals surface area contributed by atoms with Crippen molar-refractivity contribution in [3.63, 3.8) is 0 Å². The topological polar surface area (TPSA) is 55.1 Å². The summed E-state index contributed by atoms with van der Waals surface area (Å²) in [4.78, 5) is 12.0. The van der Waals surface area contributed by atoms with E-state index in [4.69, 9.17) is 17.3 Å². The number of nitrogen functional groups attached to an aromatic ring is 1. The maximum Gasteiger partial charge on any atom is 0.251 e. The van der Waals surface area contributed by atoms with Gasteiger partial charge in [0.25, 0.3) is 5.91 Å². The van der Waals surface area contributed by atoms with Crippen molar-refractivity contribution in [2.24, 2.45) is 0 Å². The van der Waals surface area contributed by atoms with E-state index in [1.807, 2.05) is 43.3 Å². The van der Waals surface area contributed by atoms with Crippen molar-refractivity contribution < 1.29 is 4.79 Å². The SMILES string of the molecule is Cc1cc(Cl)cc(C(=O)NCCc2ccc(N)cc2)c1. The maximum absolute atomic E-state index is 12.0. The van der Waals surface area contributed by atoms with Crippen LogP contribution < -0.4 is 11.1 Å². The second-order valence-corrected chi connectivity index (χ2v) is 5.20. The lowest BCUT2D eigenvalue weighted by Crippen LogP contribution is -2.25. The van der Waals surface area contributed by atoms with E-state index in [1.165, 1.54) is 0 Å². The van der Waals surface area contributed by atoms with E-state index < -0.39 is 0 Å². The third-order valence-electron chi connectivity index (χ3n) is 2.98. The minimum absolute atomic E-state index is 0.106. The molecule has 0 saturated heterocycles. The molecule has 2 aromatic carbocycles. The van der Waals surface area contributed by atoms with Crippen molar-refractivity contribution in [2.75, 3.05) is 12.3 Å². The summed E-state index contributed by atoms with van der Waals surface area (Å²) in [6.07, 6.45) is 0.769. The molecule has 3 nitrogen and oxygen atoms in total. The van der Waals surface area contributed by atoms with Gasteiger partial charge in [0, 0.05) is 22.8 Å². The zero-order valence-corrected chi connectivity index (χ0v) is 12.1. The predicted molar refractivity (Wildman–Crippen MR) is 83.1 cm³/mol. The highest BCUT2D eigenvalue weighted by Crippen LogP contribution is 2.14. The molecule has 4 heteroatoms. The first-order valence-corrected chi connectivity index (χ1v) is 6.82. The Morgan fingerprint density at radius 1 is 1.20 bits per heavy atom. The second kappa shape index (κ2) is 6.44. The summed E-state index contributed by atoms with van der Waals surface area (Å²) in [6, 6.07) is 13.0. The van der Waals surface area contributed by atoms with E-state index in [0.717, 1.165) is 23.2 Å². The van der Waals surface area contributed by atoms with Gasteiger partial charge >= 0.3 is 0 Å². The van der Waals surface area contributed by atoms with Gasteiger partial charge in [-0.25, -0.2) is 0 Å². The molecule has 0 aromatic heterocycles. The number of carbonyl (C=O) groups excluding carboxylic acids is 1. The summed E-state index contributed by atoms with van der Waals surface area (Å²) in [5.41, 5.74) is 9.07. The van der Waals surface area contributed by atoms with Crippen LogP contribution in [0.15, 0.2) is 42.5 Å². The molecule has 0 fully saturated rings. The minimum atomic E-state index is -0.106. The first-order chi connectivity index (χ1) is 9.54. The van der Waals surface area contributed by atoms with Crippen LogP contribution in [0.4, 0.5) is 5.69 Å². The predicted octanol–water partition coefficient (Wildman–Crippen LogP) is 3.20. The molecule has 0 radical (unpaired) electrons. The first-order valence-electron chi connectivity index (χ1n) is 6.44. The highest BCUT2D eigenvalue weighted by molar-refractivity contribution is 6.31. The lowest BCUT2D eigenvalue weighted by molar-refractivity contribution is 0.0954. The molecule has 0 atom stereocenters. The van der Waals surface area contributed by atoms with Gasteiger partial charge in [0.05, 0.1) is 0 Å². The standard InChI is InChI=1S/C16H17ClN2O/c1-11-8-13(10-14(17)9-11)16(20)19-7-6-12-2-4-15(18)5-3-12/h2-5,8-10H,6-7,18H2,1H3,(H,19,20). The van der Waals surface area contributed by atoms with E-state index in [9.17, 15) is 4.79 Å². The average molecular weight is 289 g/mol. The lowest BCUT2D eigenvalue weighted by atomic mass is 10.1. The van der Waals surface area contributed by atoms with Crippen LogP contribution in [0.1, 0.15) is 21.5 Å². The number of hydrogen-bond acceptors (Lipinski definition) is 2. The molecule has 0 aliphatic carbocycles. The number of aryl methyl sites for hydroxylation is 1. The van der Waals surface area contributed by atoms with Crippen molar-refractivity contribution in [3.05, 3.63) is 64.2 Å². The van der Waals surface area contributed by atoms with E-state index in [2.05, 4.69) is 5.32 Å². The van der Waals surface area contributed by atoms with Crippen LogP contribution in [0, 0.1) is 6.92 Å². The van der Waals surface area contributed by atoms with Gasteiger partial charge in [-0.15, -0.1) is 0 Å². The molecular formula is C16H17ClN2O. The molecule has 0 aliphatic rings. The number of nitrogens with two attached hydrogens (primary N) is 1. The van der Waals surface area contributed by atoms with E-state index >= 15 is 0 Å². The Kier molecular flexibility index (Phi) is 4.64. The number of amides is 1. The van der Waals surface area contributed by atoms with E-state index in [-0.39, 0.29) is 5.91 Å². The van der Waals surface area contributed by atoms with Crippen LogP contribution in [0.5, 0.6) is 0 Å². The number of halogens is 1. The summed E-state index contributed by atoms with van der Waals surface area (Å²) in [6.45, 7) is 2.49. The van der Waals surface area contributed by atoms with Gasteiger partial charge < -0.3 is 11.1 Å². The molecule has 3 N–H and O–H groups in total. The molecule has 0 aliphatic heterocycles. The number of benzene rings is 2. The van der Waals surface area contributed by atoms with Gasteiger partial charge in [-0.2, -0.15) is 0 Å². The van der Waals surface area contributed by atoms with E-state index in [0.29, 0.717) is 17.1 Å². The summed E-state index contributed by atoms with van der Waals surface area (Å²) in [7, 11) is 0. The Morgan fingerprint density at radius 2 is 1.90 bits per heavy atom. The van der Waals surface area contributed by atoms with Gasteiger partial charge in [-0.1, -0.05) is 23.7 Å². The van der Waals surface area contributed by atoms with Crippen molar-refractivity contribution >= 4 is 23.2 Å². The smallest absolute Gasteiger partial charge is 0.251 e. The van der Waals surface area contributed by atoms with Crippen LogP contribution in [0.25, 0.3) is 0 Å². The first kappa shape index (κ1) is 14.4. The van der Waals surface area contributed by atoms with Gasteiger partial charge in [0.15, 0.2) is 0 Å².